The smallest absolute Gasteiger partial charge is 0.195 e. The average molecular weight is 307 g/mol. The van der Waals surface area contributed by atoms with Crippen LogP contribution < -0.4 is 5.43 Å². The summed E-state index contributed by atoms with van der Waals surface area (Å²) in [5, 5.41) is 0. The molecular formula is C13H7BrO2S. The maximum atomic E-state index is 12.2. The monoisotopic (exact) mass is 306 g/mol. The van der Waals surface area contributed by atoms with Gasteiger partial charge >= 0.3 is 0 Å². The Morgan fingerprint density at radius 1 is 1.06 bits per heavy atom. The molecule has 2 aromatic rings. The fourth-order valence-corrected chi connectivity index (χ4v) is 3.32. The highest BCUT2D eigenvalue weighted by atomic mass is 79.9. The lowest BCUT2D eigenvalue weighted by Crippen LogP contribution is -2.00. The van der Waals surface area contributed by atoms with E-state index < -0.39 is 0 Å². The van der Waals surface area contributed by atoms with Crippen molar-refractivity contribution >= 4 is 33.0 Å². The van der Waals surface area contributed by atoms with Crippen LogP contribution in [-0.2, 0) is 0 Å². The van der Waals surface area contributed by atoms with Crippen LogP contribution in [0.1, 0.15) is 20.8 Å². The molecule has 0 spiro atoms. The van der Waals surface area contributed by atoms with Crippen LogP contribution in [-0.4, -0.2) is 5.78 Å². The van der Waals surface area contributed by atoms with E-state index in [-0.39, 0.29) is 11.2 Å². The van der Waals surface area contributed by atoms with E-state index in [2.05, 4.69) is 15.9 Å². The van der Waals surface area contributed by atoms with E-state index in [0.717, 1.165) is 20.9 Å². The van der Waals surface area contributed by atoms with Gasteiger partial charge in [0.15, 0.2) is 11.2 Å². The second-order valence-electron chi connectivity index (χ2n) is 3.95. The molecule has 0 fully saturated rings. The Hall–Kier alpha value is -1.26. The van der Waals surface area contributed by atoms with Crippen LogP contribution in [0.3, 0.4) is 0 Å². The molecule has 0 atom stereocenters. The van der Waals surface area contributed by atoms with Crippen molar-refractivity contribution in [1.29, 1.82) is 0 Å². The number of carbonyl (C=O) groups excluding carboxylic acids is 1. The summed E-state index contributed by atoms with van der Waals surface area (Å²) in [5.41, 5.74) is 1.95. The summed E-state index contributed by atoms with van der Waals surface area (Å²) in [6.07, 6.45) is 0. The lowest BCUT2D eigenvalue weighted by atomic mass is 10.1. The first-order valence-corrected chi connectivity index (χ1v) is 6.68. The van der Waals surface area contributed by atoms with Gasteiger partial charge in [-0.15, -0.1) is 11.3 Å². The largest absolute Gasteiger partial charge is 0.289 e. The Kier molecular flexibility index (Phi) is 2.31. The minimum atomic E-state index is -0.161. The number of halogens is 1. The molecule has 0 saturated carbocycles. The molecule has 4 heteroatoms. The van der Waals surface area contributed by atoms with Gasteiger partial charge in [0, 0.05) is 26.4 Å². The van der Waals surface area contributed by atoms with Gasteiger partial charge in [-0.2, -0.15) is 0 Å². The Labute approximate surface area is 110 Å². The molecule has 1 aromatic heterocycles. The lowest BCUT2D eigenvalue weighted by molar-refractivity contribution is 0.104. The summed E-state index contributed by atoms with van der Waals surface area (Å²) in [6, 6.07) is 6.85. The molecule has 0 bridgehead atoms. The highest BCUT2D eigenvalue weighted by Gasteiger charge is 2.28. The van der Waals surface area contributed by atoms with Crippen molar-refractivity contribution in [2.75, 3.05) is 0 Å². The third-order valence-electron chi connectivity index (χ3n) is 2.79. The molecule has 0 saturated heterocycles. The van der Waals surface area contributed by atoms with Gasteiger partial charge < -0.3 is 0 Å². The maximum absolute atomic E-state index is 12.2. The third kappa shape index (κ3) is 1.51. The maximum Gasteiger partial charge on any atom is 0.195 e. The number of fused-ring (bicyclic) bond motifs is 3. The molecule has 0 unspecified atom stereocenters. The first-order valence-electron chi connectivity index (χ1n) is 5.07. The molecule has 1 aliphatic carbocycles. The predicted octanol–water partition coefficient (Wildman–Crippen LogP) is 3.39. The van der Waals surface area contributed by atoms with Crippen LogP contribution in [0.4, 0.5) is 0 Å². The molecule has 0 radical (unpaired) electrons. The van der Waals surface area contributed by atoms with Crippen molar-refractivity contribution in [2.45, 2.75) is 6.92 Å². The number of ketones is 1. The first kappa shape index (κ1) is 10.9. The fraction of sp³-hybridized carbons (Fsp3) is 0.0769. The van der Waals surface area contributed by atoms with E-state index in [0.29, 0.717) is 10.0 Å². The van der Waals surface area contributed by atoms with Gasteiger partial charge in [-0.1, -0.05) is 6.07 Å². The minimum absolute atomic E-state index is 0.0421. The second kappa shape index (κ2) is 3.62. The van der Waals surface area contributed by atoms with E-state index in [1.54, 1.807) is 17.4 Å². The van der Waals surface area contributed by atoms with Gasteiger partial charge in [0.25, 0.3) is 0 Å². The SMILES string of the molecule is Cc1cc2c(s1)-c1ccc(Br)c(=O)cc1C2=O. The van der Waals surface area contributed by atoms with Crippen LogP contribution in [0.25, 0.3) is 10.4 Å². The first-order chi connectivity index (χ1) is 8.08. The van der Waals surface area contributed by atoms with E-state index in [1.165, 1.54) is 6.07 Å². The third-order valence-corrected chi connectivity index (χ3v) is 4.53. The molecule has 1 aromatic carbocycles. The predicted molar refractivity (Wildman–Crippen MR) is 71.9 cm³/mol. The molecule has 3 rings (SSSR count). The zero-order valence-corrected chi connectivity index (χ0v) is 11.3. The molecule has 17 heavy (non-hydrogen) atoms. The highest BCUT2D eigenvalue weighted by molar-refractivity contribution is 9.10. The zero-order chi connectivity index (χ0) is 12.2. The fourth-order valence-electron chi connectivity index (χ4n) is 2.02. The summed E-state index contributed by atoms with van der Waals surface area (Å²) >= 11 is 4.78. The number of hydrogen-bond acceptors (Lipinski definition) is 3. The van der Waals surface area contributed by atoms with Crippen LogP contribution in [0.15, 0.2) is 33.5 Å². The molecular weight excluding hydrogens is 300 g/mol. The quantitative estimate of drug-likeness (QED) is 0.638. The van der Waals surface area contributed by atoms with Gasteiger partial charge in [0.1, 0.15) is 0 Å². The topological polar surface area (TPSA) is 34.1 Å². The Morgan fingerprint density at radius 3 is 2.59 bits per heavy atom. The van der Waals surface area contributed by atoms with E-state index >= 15 is 0 Å². The van der Waals surface area contributed by atoms with E-state index in [4.69, 9.17) is 0 Å². The number of hydrogen-bond donors (Lipinski definition) is 0. The van der Waals surface area contributed by atoms with E-state index in [9.17, 15) is 9.59 Å². The highest BCUT2D eigenvalue weighted by Crippen LogP contribution is 2.41. The number of thiophene rings is 1. The van der Waals surface area contributed by atoms with Crippen molar-refractivity contribution in [3.63, 3.8) is 0 Å². The normalized spacial score (nSPS) is 12.5. The summed E-state index contributed by atoms with van der Waals surface area (Å²) in [5.74, 6) is -0.0421. The van der Waals surface area contributed by atoms with Gasteiger partial charge in [-0.05, 0) is 41.1 Å². The standard InChI is InChI=1S/C13H7BrO2S/c1-6-4-9-12(16)8-5-11(15)10(14)3-2-7(8)13(9)17-6/h2-5H,1H3. The Balaban J connectivity index is 2.42. The summed E-state index contributed by atoms with van der Waals surface area (Å²) in [4.78, 5) is 25.9. The molecule has 0 N–H and O–H groups in total. The van der Waals surface area contributed by atoms with Gasteiger partial charge in [-0.3, -0.25) is 9.59 Å². The number of rotatable bonds is 0. The second-order valence-corrected chi connectivity index (χ2v) is 6.06. The van der Waals surface area contributed by atoms with Gasteiger partial charge in [0.05, 0.1) is 4.47 Å². The number of aryl methyl sites for hydroxylation is 1. The van der Waals surface area contributed by atoms with Crippen molar-refractivity contribution in [1.82, 2.24) is 0 Å². The Bertz CT molecular complexity index is 716. The molecule has 0 amide bonds. The lowest BCUT2D eigenvalue weighted by Gasteiger charge is -1.90. The van der Waals surface area contributed by atoms with Crippen LogP contribution >= 0.6 is 27.3 Å². The zero-order valence-electron chi connectivity index (χ0n) is 8.91. The Morgan fingerprint density at radius 2 is 1.82 bits per heavy atom. The molecule has 1 heterocycles. The molecule has 0 aliphatic heterocycles. The summed E-state index contributed by atoms with van der Waals surface area (Å²) in [7, 11) is 0. The summed E-state index contributed by atoms with van der Waals surface area (Å²) in [6.45, 7) is 1.98. The van der Waals surface area contributed by atoms with Crippen molar-refractivity contribution in [2.24, 2.45) is 0 Å². The van der Waals surface area contributed by atoms with Crippen LogP contribution in [0.2, 0.25) is 0 Å². The van der Waals surface area contributed by atoms with Gasteiger partial charge in [-0.25, -0.2) is 0 Å². The van der Waals surface area contributed by atoms with Gasteiger partial charge in [0.2, 0.25) is 0 Å². The van der Waals surface area contributed by atoms with Crippen molar-refractivity contribution in [3.8, 4) is 10.4 Å². The molecule has 2 nitrogen and oxygen atoms in total. The van der Waals surface area contributed by atoms with Crippen LogP contribution in [0.5, 0.6) is 0 Å². The molecule has 84 valence electrons. The summed E-state index contributed by atoms with van der Waals surface area (Å²) < 4.78 is 0.481. The van der Waals surface area contributed by atoms with E-state index in [1.807, 2.05) is 19.1 Å². The average Bonchev–Trinajstić information content (AvgIpc) is 2.71. The number of carbonyl (C=O) groups is 1. The van der Waals surface area contributed by atoms with Crippen LogP contribution in [0, 0.1) is 6.92 Å². The minimum Gasteiger partial charge on any atom is -0.289 e. The van der Waals surface area contributed by atoms with Crippen molar-refractivity contribution in [3.05, 3.63) is 55.0 Å². The molecule has 1 aliphatic rings. The van der Waals surface area contributed by atoms with Crippen molar-refractivity contribution < 1.29 is 4.79 Å².